The molecule has 0 amide bonds. The summed E-state index contributed by atoms with van der Waals surface area (Å²) in [5.74, 6) is 0. The maximum Gasteiger partial charge on any atom is 0.0413 e. The monoisotopic (exact) mass is 292 g/mol. The van der Waals surface area contributed by atoms with Crippen LogP contribution < -0.4 is 5.73 Å². The van der Waals surface area contributed by atoms with E-state index >= 15 is 0 Å². The van der Waals surface area contributed by atoms with Crippen molar-refractivity contribution in [3.05, 3.63) is 26.9 Å². The summed E-state index contributed by atoms with van der Waals surface area (Å²) in [6, 6.07) is 0. The van der Waals surface area contributed by atoms with Crippen molar-refractivity contribution < 1.29 is 0 Å². The van der Waals surface area contributed by atoms with Crippen LogP contribution in [0.5, 0.6) is 0 Å². The van der Waals surface area contributed by atoms with Crippen LogP contribution >= 0.6 is 31.9 Å². The van der Waals surface area contributed by atoms with Gasteiger partial charge in [0.05, 0.1) is 0 Å². The first-order valence-corrected chi connectivity index (χ1v) is 5.32. The van der Waals surface area contributed by atoms with Crippen molar-refractivity contribution in [3.63, 3.8) is 0 Å². The Kier molecular flexibility index (Phi) is 4.18. The van der Waals surface area contributed by atoms with Crippen LogP contribution in [0.3, 0.4) is 0 Å². The zero-order valence-corrected chi connectivity index (χ0v) is 9.73. The lowest BCUT2D eigenvalue weighted by atomic mass is 10.1. The number of pyridine rings is 1. The Morgan fingerprint density at radius 1 is 1.25 bits per heavy atom. The van der Waals surface area contributed by atoms with E-state index in [4.69, 9.17) is 5.73 Å². The molecule has 1 rings (SSSR count). The molecule has 0 atom stereocenters. The van der Waals surface area contributed by atoms with Gasteiger partial charge in [0.1, 0.15) is 0 Å². The maximum atomic E-state index is 5.43. The van der Waals surface area contributed by atoms with Gasteiger partial charge in [-0.1, -0.05) is 0 Å². The Bertz CT molecular complexity index is 243. The summed E-state index contributed by atoms with van der Waals surface area (Å²) in [6.07, 6.45) is 5.59. The van der Waals surface area contributed by atoms with Gasteiger partial charge < -0.3 is 5.73 Å². The predicted molar refractivity (Wildman–Crippen MR) is 57.0 cm³/mol. The lowest BCUT2D eigenvalue weighted by Crippen LogP contribution is -2.01. The molecule has 0 bridgehead atoms. The first kappa shape index (κ1) is 10.2. The first-order chi connectivity index (χ1) is 5.75. The fourth-order valence-corrected chi connectivity index (χ4v) is 2.28. The van der Waals surface area contributed by atoms with E-state index in [1.54, 1.807) is 12.4 Å². The molecule has 0 aliphatic heterocycles. The summed E-state index contributed by atoms with van der Waals surface area (Å²) < 4.78 is 2.09. The van der Waals surface area contributed by atoms with Gasteiger partial charge >= 0.3 is 0 Å². The van der Waals surface area contributed by atoms with Gasteiger partial charge in [0, 0.05) is 21.3 Å². The highest BCUT2D eigenvalue weighted by molar-refractivity contribution is 9.11. The fraction of sp³-hybridized carbons (Fsp3) is 0.375. The second kappa shape index (κ2) is 4.94. The number of nitrogens with zero attached hydrogens (tertiary/aromatic N) is 1. The molecule has 0 aliphatic carbocycles. The van der Waals surface area contributed by atoms with Crippen molar-refractivity contribution in [3.8, 4) is 0 Å². The largest absolute Gasteiger partial charge is 0.330 e. The highest BCUT2D eigenvalue weighted by Crippen LogP contribution is 2.24. The van der Waals surface area contributed by atoms with Crippen molar-refractivity contribution in [2.45, 2.75) is 12.8 Å². The highest BCUT2D eigenvalue weighted by Gasteiger charge is 2.03. The van der Waals surface area contributed by atoms with Crippen molar-refractivity contribution in [1.29, 1.82) is 0 Å². The van der Waals surface area contributed by atoms with E-state index in [2.05, 4.69) is 36.8 Å². The minimum absolute atomic E-state index is 0.723. The molecule has 0 radical (unpaired) electrons. The van der Waals surface area contributed by atoms with Gasteiger partial charge in [-0.15, -0.1) is 0 Å². The highest BCUT2D eigenvalue weighted by atomic mass is 79.9. The van der Waals surface area contributed by atoms with E-state index in [9.17, 15) is 0 Å². The van der Waals surface area contributed by atoms with Crippen LogP contribution in [0.15, 0.2) is 21.3 Å². The second-order valence-electron chi connectivity index (χ2n) is 2.47. The van der Waals surface area contributed by atoms with E-state index in [0.717, 1.165) is 28.3 Å². The van der Waals surface area contributed by atoms with E-state index in [1.807, 2.05) is 0 Å². The lowest BCUT2D eigenvalue weighted by Gasteiger charge is -2.04. The van der Waals surface area contributed by atoms with Gasteiger partial charge in [-0.3, -0.25) is 4.98 Å². The molecule has 0 saturated heterocycles. The molecule has 1 aromatic heterocycles. The molecule has 2 N–H and O–H groups in total. The van der Waals surface area contributed by atoms with Crippen molar-refractivity contribution in [1.82, 2.24) is 4.98 Å². The Balaban J connectivity index is 2.81. The van der Waals surface area contributed by atoms with Crippen LogP contribution in [-0.2, 0) is 6.42 Å². The molecule has 1 heterocycles. The van der Waals surface area contributed by atoms with Crippen LogP contribution in [0, 0.1) is 0 Å². The number of nitrogens with two attached hydrogens (primary N) is 1. The molecule has 0 spiro atoms. The molecule has 0 aromatic carbocycles. The van der Waals surface area contributed by atoms with Gasteiger partial charge in [-0.05, 0) is 56.8 Å². The van der Waals surface area contributed by atoms with Crippen molar-refractivity contribution in [2.24, 2.45) is 5.73 Å². The molecule has 2 nitrogen and oxygen atoms in total. The smallest absolute Gasteiger partial charge is 0.0413 e. The Labute approximate surface area is 88.8 Å². The van der Waals surface area contributed by atoms with E-state index < -0.39 is 0 Å². The number of hydrogen-bond acceptors (Lipinski definition) is 2. The van der Waals surface area contributed by atoms with E-state index in [1.165, 1.54) is 5.56 Å². The Morgan fingerprint density at radius 2 is 1.83 bits per heavy atom. The van der Waals surface area contributed by atoms with Gasteiger partial charge in [0.25, 0.3) is 0 Å². The summed E-state index contributed by atoms with van der Waals surface area (Å²) in [7, 11) is 0. The third-order valence-corrected chi connectivity index (χ3v) is 2.95. The summed E-state index contributed by atoms with van der Waals surface area (Å²) in [6.45, 7) is 0.723. The molecular formula is C8H10Br2N2. The van der Waals surface area contributed by atoms with Crippen molar-refractivity contribution >= 4 is 31.9 Å². The SMILES string of the molecule is NCCCc1c(Br)cncc1Br. The average molecular weight is 294 g/mol. The van der Waals surface area contributed by atoms with Gasteiger partial charge in [0.15, 0.2) is 0 Å². The Morgan fingerprint density at radius 3 is 2.33 bits per heavy atom. The molecule has 0 fully saturated rings. The standard InChI is InChI=1S/C8H10Br2N2/c9-7-4-12-5-8(10)6(7)2-1-3-11/h4-5H,1-3,11H2. The normalized spacial score (nSPS) is 10.2. The third-order valence-electron chi connectivity index (χ3n) is 1.58. The molecule has 0 aliphatic rings. The second-order valence-corrected chi connectivity index (χ2v) is 4.18. The van der Waals surface area contributed by atoms with E-state index in [-0.39, 0.29) is 0 Å². The first-order valence-electron chi connectivity index (χ1n) is 3.73. The molecule has 1 aromatic rings. The number of rotatable bonds is 3. The van der Waals surface area contributed by atoms with Crippen LogP contribution in [-0.4, -0.2) is 11.5 Å². The number of halogens is 2. The topological polar surface area (TPSA) is 38.9 Å². The molecule has 4 heteroatoms. The minimum Gasteiger partial charge on any atom is -0.330 e. The van der Waals surface area contributed by atoms with Gasteiger partial charge in [-0.2, -0.15) is 0 Å². The molecule has 66 valence electrons. The zero-order chi connectivity index (χ0) is 8.97. The van der Waals surface area contributed by atoms with E-state index in [0.29, 0.717) is 0 Å². The lowest BCUT2D eigenvalue weighted by molar-refractivity contribution is 0.824. The molecule has 0 saturated carbocycles. The quantitative estimate of drug-likeness (QED) is 0.930. The predicted octanol–water partition coefficient (Wildman–Crippen LogP) is 2.50. The number of aromatic nitrogens is 1. The van der Waals surface area contributed by atoms with Crippen LogP contribution in [0.1, 0.15) is 12.0 Å². The summed E-state index contributed by atoms with van der Waals surface area (Å²) in [5, 5.41) is 0. The van der Waals surface area contributed by atoms with Gasteiger partial charge in [0.2, 0.25) is 0 Å². The zero-order valence-electron chi connectivity index (χ0n) is 6.56. The summed E-state index contributed by atoms with van der Waals surface area (Å²) in [4.78, 5) is 4.03. The molecule has 12 heavy (non-hydrogen) atoms. The Hall–Kier alpha value is 0.0700. The summed E-state index contributed by atoms with van der Waals surface area (Å²) in [5.41, 5.74) is 6.68. The van der Waals surface area contributed by atoms with Crippen LogP contribution in [0.4, 0.5) is 0 Å². The maximum absolute atomic E-state index is 5.43. The molecular weight excluding hydrogens is 284 g/mol. The van der Waals surface area contributed by atoms with Crippen LogP contribution in [0.2, 0.25) is 0 Å². The average Bonchev–Trinajstić information content (AvgIpc) is 2.04. The fourth-order valence-electron chi connectivity index (χ4n) is 0.956. The molecule has 0 unspecified atom stereocenters. The minimum atomic E-state index is 0.723. The number of hydrogen-bond donors (Lipinski definition) is 1. The van der Waals surface area contributed by atoms with Crippen LogP contribution in [0.25, 0.3) is 0 Å². The summed E-state index contributed by atoms with van der Waals surface area (Å²) >= 11 is 6.89. The van der Waals surface area contributed by atoms with Crippen molar-refractivity contribution in [2.75, 3.05) is 6.54 Å². The van der Waals surface area contributed by atoms with Gasteiger partial charge in [-0.25, -0.2) is 0 Å². The third kappa shape index (κ3) is 2.54.